The van der Waals surface area contributed by atoms with Crippen LogP contribution in [0.3, 0.4) is 0 Å². The molecule has 0 aliphatic carbocycles. The molecule has 1 aliphatic heterocycles. The van der Waals surface area contributed by atoms with Crippen LogP contribution in [-0.2, 0) is 32.3 Å². The first kappa shape index (κ1) is 22.1. The summed E-state index contributed by atoms with van der Waals surface area (Å²) in [4.78, 5) is 27.6. The van der Waals surface area contributed by atoms with Crippen molar-refractivity contribution in [1.29, 1.82) is 0 Å². The number of rotatable bonds is 9. The fourth-order valence-electron chi connectivity index (χ4n) is 3.46. The number of carbonyl (C=O) groups excluding carboxylic acids is 2. The van der Waals surface area contributed by atoms with Crippen LogP contribution in [0.4, 0.5) is 0 Å². The molecule has 9 nitrogen and oxygen atoms in total. The highest BCUT2D eigenvalue weighted by Crippen LogP contribution is 2.17. The summed E-state index contributed by atoms with van der Waals surface area (Å²) < 4.78 is 13.6. The maximum atomic E-state index is 11.8. The first-order valence-electron chi connectivity index (χ1n) is 9.84. The van der Waals surface area contributed by atoms with Gasteiger partial charge < -0.3 is 9.47 Å². The molecule has 0 unspecified atom stereocenters. The summed E-state index contributed by atoms with van der Waals surface area (Å²) in [6.07, 6.45) is 2.36. The Labute approximate surface area is 180 Å². The molecule has 162 valence electrons. The Morgan fingerprint density at radius 1 is 1.07 bits per heavy atom. The van der Waals surface area contributed by atoms with E-state index in [0.29, 0.717) is 11.3 Å². The van der Waals surface area contributed by atoms with Gasteiger partial charge in [0.15, 0.2) is 5.82 Å². The molecule has 1 aliphatic rings. The van der Waals surface area contributed by atoms with Gasteiger partial charge in [-0.2, -0.15) is 5.10 Å². The first-order valence-corrected chi connectivity index (χ1v) is 10.2. The van der Waals surface area contributed by atoms with Gasteiger partial charge >= 0.3 is 11.9 Å². The van der Waals surface area contributed by atoms with E-state index >= 15 is 0 Å². The number of carbonyl (C=O) groups is 2. The summed E-state index contributed by atoms with van der Waals surface area (Å²) in [7, 11) is 2.62. The summed E-state index contributed by atoms with van der Waals surface area (Å²) in [5.74, 6) is -0.0837. The quantitative estimate of drug-likeness (QED) is 0.436. The van der Waals surface area contributed by atoms with Crippen molar-refractivity contribution >= 4 is 24.2 Å². The molecule has 2 aromatic rings. The number of hydrogen-bond acceptors (Lipinski definition) is 8. The number of methoxy groups -OCH3 is 2. The number of hydrogen-bond donors (Lipinski definition) is 0. The fraction of sp³-hybridized carbons (Fsp3) is 0.500. The van der Waals surface area contributed by atoms with Gasteiger partial charge in [0.25, 0.3) is 0 Å². The third-order valence-electron chi connectivity index (χ3n) is 4.98. The highest BCUT2D eigenvalue weighted by Gasteiger charge is 2.21. The summed E-state index contributed by atoms with van der Waals surface area (Å²) in [6, 6.07) is 9.82. The molecule has 0 radical (unpaired) electrons. The number of likely N-dealkylation sites (tertiary alicyclic amines) is 1. The monoisotopic (exact) mass is 433 g/mol. The molecule has 0 atom stereocenters. The van der Waals surface area contributed by atoms with Crippen molar-refractivity contribution in [3.8, 4) is 5.69 Å². The van der Waals surface area contributed by atoms with Crippen LogP contribution in [0.5, 0.6) is 0 Å². The van der Waals surface area contributed by atoms with Gasteiger partial charge in [-0.25, -0.2) is 4.68 Å². The van der Waals surface area contributed by atoms with E-state index in [2.05, 4.69) is 4.90 Å². The molecule has 0 amide bonds. The van der Waals surface area contributed by atoms with Crippen molar-refractivity contribution in [1.82, 2.24) is 24.1 Å². The molecule has 1 aromatic heterocycles. The number of aromatic nitrogens is 3. The van der Waals surface area contributed by atoms with E-state index < -0.39 is 11.9 Å². The number of nitrogens with zero attached hydrogens (tertiary/aromatic N) is 5. The second-order valence-corrected chi connectivity index (χ2v) is 7.50. The Morgan fingerprint density at radius 3 is 2.23 bits per heavy atom. The Morgan fingerprint density at radius 2 is 1.67 bits per heavy atom. The second-order valence-electron chi connectivity index (χ2n) is 7.13. The molecule has 1 fully saturated rings. The van der Waals surface area contributed by atoms with Crippen LogP contribution < -0.4 is 0 Å². The van der Waals surface area contributed by atoms with Gasteiger partial charge in [-0.3, -0.25) is 24.0 Å². The van der Waals surface area contributed by atoms with Crippen LogP contribution in [0.15, 0.2) is 30.3 Å². The molecule has 0 spiro atoms. The average Bonchev–Trinajstić information content (AvgIpc) is 3.36. The zero-order valence-electron chi connectivity index (χ0n) is 17.3. The highest BCUT2D eigenvalue weighted by molar-refractivity contribution is 7.71. The van der Waals surface area contributed by atoms with E-state index in [4.69, 9.17) is 26.8 Å². The number of para-hydroxylation sites is 1. The smallest absolute Gasteiger partial charge is 0.319 e. The number of esters is 2. The van der Waals surface area contributed by atoms with Gasteiger partial charge in [-0.1, -0.05) is 18.2 Å². The van der Waals surface area contributed by atoms with Crippen LogP contribution in [0.25, 0.3) is 5.69 Å². The Kier molecular flexibility index (Phi) is 7.72. The van der Waals surface area contributed by atoms with Gasteiger partial charge in [0, 0.05) is 5.69 Å². The third kappa shape index (κ3) is 5.53. The van der Waals surface area contributed by atoms with E-state index in [0.717, 1.165) is 24.6 Å². The predicted molar refractivity (Wildman–Crippen MR) is 113 cm³/mol. The van der Waals surface area contributed by atoms with Crippen molar-refractivity contribution in [3.05, 3.63) is 40.9 Å². The van der Waals surface area contributed by atoms with Gasteiger partial charge in [0.05, 0.1) is 40.5 Å². The van der Waals surface area contributed by atoms with E-state index in [-0.39, 0.29) is 19.8 Å². The Balaban J connectivity index is 1.92. The average molecular weight is 434 g/mol. The number of benzene rings is 1. The summed E-state index contributed by atoms with van der Waals surface area (Å²) in [5, 5.41) is 4.74. The lowest BCUT2D eigenvalue weighted by Gasteiger charge is -2.19. The molecule has 1 saturated heterocycles. The number of ether oxygens (including phenoxy) is 2. The molecule has 3 rings (SSSR count). The minimum Gasteiger partial charge on any atom is -0.468 e. The van der Waals surface area contributed by atoms with E-state index in [1.807, 2.05) is 34.9 Å². The molecular formula is C20H27N5O4S. The van der Waals surface area contributed by atoms with E-state index in [1.54, 1.807) is 9.58 Å². The zero-order chi connectivity index (χ0) is 21.5. The lowest BCUT2D eigenvalue weighted by atomic mass is 10.3. The summed E-state index contributed by atoms with van der Waals surface area (Å²) in [6.45, 7) is 2.76. The molecule has 30 heavy (non-hydrogen) atoms. The van der Waals surface area contributed by atoms with Crippen LogP contribution in [0, 0.1) is 4.77 Å². The maximum Gasteiger partial charge on any atom is 0.319 e. The second kappa shape index (κ2) is 10.5. The van der Waals surface area contributed by atoms with Crippen LogP contribution >= 0.6 is 12.2 Å². The van der Waals surface area contributed by atoms with Crippen LogP contribution in [0.1, 0.15) is 18.7 Å². The molecule has 0 saturated carbocycles. The highest BCUT2D eigenvalue weighted by atomic mass is 32.1. The van der Waals surface area contributed by atoms with Gasteiger partial charge in [0.2, 0.25) is 4.77 Å². The molecule has 0 bridgehead atoms. The zero-order valence-corrected chi connectivity index (χ0v) is 18.1. The SMILES string of the molecule is COC(=O)CN(CC(=O)OC)Cn1nc(CN2CCCC2)n(-c2ccccc2)c1=S. The van der Waals surface area contributed by atoms with Crippen molar-refractivity contribution in [2.24, 2.45) is 0 Å². The van der Waals surface area contributed by atoms with Gasteiger partial charge in [-0.15, -0.1) is 0 Å². The standard InChI is InChI=1S/C20H27N5O4S/c1-28-18(26)13-23(14-19(27)29-2)15-24-20(30)25(16-8-4-3-5-9-16)17(21-24)12-22-10-6-7-11-22/h3-5,8-9H,6-7,10-15H2,1-2H3. The minimum absolute atomic E-state index is 0.0764. The van der Waals surface area contributed by atoms with E-state index in [1.165, 1.54) is 27.1 Å². The third-order valence-corrected chi connectivity index (χ3v) is 5.37. The first-order chi connectivity index (χ1) is 14.5. The molecule has 2 heterocycles. The Hall–Kier alpha value is -2.56. The van der Waals surface area contributed by atoms with Crippen molar-refractivity contribution in [2.75, 3.05) is 40.4 Å². The van der Waals surface area contributed by atoms with Crippen LogP contribution in [-0.4, -0.2) is 76.5 Å². The molecule has 1 aromatic carbocycles. The Bertz CT molecular complexity index is 903. The predicted octanol–water partition coefficient (Wildman–Crippen LogP) is 1.60. The fourth-order valence-corrected chi connectivity index (χ4v) is 3.77. The summed E-state index contributed by atoms with van der Waals surface area (Å²) >= 11 is 5.72. The molecule has 10 heteroatoms. The maximum absolute atomic E-state index is 11.8. The van der Waals surface area contributed by atoms with Gasteiger partial charge in [-0.05, 0) is 50.3 Å². The molecule has 0 N–H and O–H groups in total. The lowest BCUT2D eigenvalue weighted by Crippen LogP contribution is -2.37. The van der Waals surface area contributed by atoms with Crippen molar-refractivity contribution in [3.63, 3.8) is 0 Å². The van der Waals surface area contributed by atoms with Crippen LogP contribution in [0.2, 0.25) is 0 Å². The van der Waals surface area contributed by atoms with E-state index in [9.17, 15) is 9.59 Å². The van der Waals surface area contributed by atoms with Gasteiger partial charge in [0.1, 0.15) is 0 Å². The summed E-state index contributed by atoms with van der Waals surface area (Å²) in [5.41, 5.74) is 0.926. The topological polar surface area (TPSA) is 81.8 Å². The largest absolute Gasteiger partial charge is 0.468 e. The normalized spacial score (nSPS) is 14.2. The minimum atomic E-state index is -0.454. The lowest BCUT2D eigenvalue weighted by molar-refractivity contribution is -0.146. The molecular weight excluding hydrogens is 406 g/mol. The van der Waals surface area contributed by atoms with Crippen molar-refractivity contribution < 1.29 is 19.1 Å². The van der Waals surface area contributed by atoms with Crippen molar-refractivity contribution in [2.45, 2.75) is 26.1 Å².